The average Bonchev–Trinajstić information content (AvgIpc) is 2.83. The van der Waals surface area contributed by atoms with Gasteiger partial charge in [-0.25, -0.2) is 0 Å². The van der Waals surface area contributed by atoms with Crippen LogP contribution in [0.15, 0.2) is 24.3 Å². The van der Waals surface area contributed by atoms with Crippen molar-refractivity contribution in [3.05, 3.63) is 24.3 Å². The van der Waals surface area contributed by atoms with E-state index in [0.29, 0.717) is 12.5 Å². The molecule has 1 aliphatic heterocycles. The molecule has 4 heteroatoms. The van der Waals surface area contributed by atoms with Crippen molar-refractivity contribution >= 4 is 17.3 Å². The highest BCUT2D eigenvalue weighted by atomic mass is 16.5. The second kappa shape index (κ2) is 6.57. The second-order valence-corrected chi connectivity index (χ2v) is 5.02. The average molecular weight is 262 g/mol. The van der Waals surface area contributed by atoms with Gasteiger partial charge in [-0.2, -0.15) is 0 Å². The van der Waals surface area contributed by atoms with Crippen LogP contribution in [0.4, 0.5) is 11.4 Å². The summed E-state index contributed by atoms with van der Waals surface area (Å²) in [6.07, 6.45) is 2.61. The zero-order valence-corrected chi connectivity index (χ0v) is 11.7. The number of nitrogens with zero attached hydrogens (tertiary/aromatic N) is 1. The Hall–Kier alpha value is -1.55. The molecule has 104 valence electrons. The highest BCUT2D eigenvalue weighted by Gasteiger charge is 2.21. The maximum Gasteiger partial charge on any atom is 0.227 e. The number of anilines is 2. The molecule has 0 aromatic heterocycles. The summed E-state index contributed by atoms with van der Waals surface area (Å²) < 4.78 is 5.06. The molecule has 0 spiro atoms. The van der Waals surface area contributed by atoms with Gasteiger partial charge in [-0.3, -0.25) is 4.79 Å². The summed E-state index contributed by atoms with van der Waals surface area (Å²) in [4.78, 5) is 13.5. The van der Waals surface area contributed by atoms with Crippen LogP contribution in [-0.4, -0.2) is 32.2 Å². The maximum absolute atomic E-state index is 11.7. The molecule has 1 aromatic rings. The van der Waals surface area contributed by atoms with Gasteiger partial charge in [-0.1, -0.05) is 0 Å². The van der Waals surface area contributed by atoms with Gasteiger partial charge in [0.1, 0.15) is 0 Å². The molecule has 1 amide bonds. The number of carbonyl (C=O) groups is 1. The van der Waals surface area contributed by atoms with Crippen molar-refractivity contribution in [3.63, 3.8) is 0 Å². The Morgan fingerprint density at radius 1 is 1.37 bits per heavy atom. The van der Waals surface area contributed by atoms with E-state index >= 15 is 0 Å². The first-order valence-corrected chi connectivity index (χ1v) is 6.86. The molecule has 1 aliphatic rings. The smallest absolute Gasteiger partial charge is 0.227 e. The van der Waals surface area contributed by atoms with Crippen LogP contribution in [0, 0.1) is 0 Å². The molecule has 2 rings (SSSR count). The number of carbonyl (C=O) groups excluding carboxylic acids is 1. The highest BCUT2D eigenvalue weighted by Crippen LogP contribution is 2.23. The van der Waals surface area contributed by atoms with E-state index in [4.69, 9.17) is 4.74 Å². The molecule has 1 heterocycles. The predicted octanol–water partition coefficient (Wildman–Crippen LogP) is 2.65. The van der Waals surface area contributed by atoms with Crippen molar-refractivity contribution in [3.8, 4) is 0 Å². The molecule has 4 nitrogen and oxygen atoms in total. The second-order valence-electron chi connectivity index (χ2n) is 5.02. The number of amides is 1. The molecular formula is C15H22N2O2. The van der Waals surface area contributed by atoms with Crippen LogP contribution in [0.25, 0.3) is 0 Å². The van der Waals surface area contributed by atoms with Gasteiger partial charge in [0.25, 0.3) is 0 Å². The Kier molecular flexibility index (Phi) is 4.80. The third kappa shape index (κ3) is 3.70. The van der Waals surface area contributed by atoms with Crippen LogP contribution in [0.5, 0.6) is 0 Å². The molecule has 1 saturated heterocycles. The topological polar surface area (TPSA) is 41.6 Å². The van der Waals surface area contributed by atoms with E-state index in [1.807, 2.05) is 29.2 Å². The van der Waals surface area contributed by atoms with E-state index in [0.717, 1.165) is 37.4 Å². The Morgan fingerprint density at radius 3 is 2.68 bits per heavy atom. The first kappa shape index (κ1) is 13.9. The molecule has 0 aliphatic carbocycles. The molecule has 0 saturated carbocycles. The highest BCUT2D eigenvalue weighted by molar-refractivity contribution is 5.95. The molecule has 0 radical (unpaired) electrons. The van der Waals surface area contributed by atoms with Gasteiger partial charge in [0.05, 0.1) is 0 Å². The standard InChI is InChI=1S/C15H22N2O2/c1-12(9-11-19-2)16-13-5-7-14(8-6-13)17-10-3-4-15(17)18/h5-8,12,16H,3-4,9-11H2,1-2H3. The molecular weight excluding hydrogens is 240 g/mol. The summed E-state index contributed by atoms with van der Waals surface area (Å²) in [5, 5.41) is 3.42. The third-order valence-electron chi connectivity index (χ3n) is 3.42. The fourth-order valence-electron chi connectivity index (χ4n) is 2.31. The monoisotopic (exact) mass is 262 g/mol. The lowest BCUT2D eigenvalue weighted by molar-refractivity contribution is -0.117. The van der Waals surface area contributed by atoms with Crippen LogP contribution in [0.2, 0.25) is 0 Å². The Bertz CT molecular complexity index is 417. The SMILES string of the molecule is COCCC(C)Nc1ccc(N2CCCC2=O)cc1. The normalized spacial score (nSPS) is 16.7. The summed E-state index contributed by atoms with van der Waals surface area (Å²) >= 11 is 0. The van der Waals surface area contributed by atoms with Crippen molar-refractivity contribution in [2.75, 3.05) is 30.5 Å². The fourth-order valence-corrected chi connectivity index (χ4v) is 2.31. The van der Waals surface area contributed by atoms with E-state index in [2.05, 4.69) is 12.2 Å². The van der Waals surface area contributed by atoms with E-state index in [1.165, 1.54) is 0 Å². The Morgan fingerprint density at radius 2 is 2.11 bits per heavy atom. The van der Waals surface area contributed by atoms with Crippen molar-refractivity contribution in [2.24, 2.45) is 0 Å². The van der Waals surface area contributed by atoms with Gasteiger partial charge in [0.2, 0.25) is 5.91 Å². The first-order valence-electron chi connectivity index (χ1n) is 6.86. The minimum Gasteiger partial charge on any atom is -0.385 e. The molecule has 19 heavy (non-hydrogen) atoms. The van der Waals surface area contributed by atoms with Gasteiger partial charge in [-0.05, 0) is 44.0 Å². The number of nitrogens with one attached hydrogen (secondary N) is 1. The van der Waals surface area contributed by atoms with Crippen molar-refractivity contribution in [1.82, 2.24) is 0 Å². The molecule has 0 bridgehead atoms. The summed E-state index contributed by atoms with van der Waals surface area (Å²) in [6.45, 7) is 3.74. The minimum atomic E-state index is 0.231. The Labute approximate surface area is 114 Å². The van der Waals surface area contributed by atoms with Gasteiger partial charge >= 0.3 is 0 Å². The van der Waals surface area contributed by atoms with Crippen LogP contribution in [0.3, 0.4) is 0 Å². The lowest BCUT2D eigenvalue weighted by Crippen LogP contribution is -2.23. The van der Waals surface area contributed by atoms with Crippen molar-refractivity contribution < 1.29 is 9.53 Å². The van der Waals surface area contributed by atoms with Gasteiger partial charge in [0.15, 0.2) is 0 Å². The molecule has 1 aromatic carbocycles. The fraction of sp³-hybridized carbons (Fsp3) is 0.533. The number of benzene rings is 1. The van der Waals surface area contributed by atoms with Crippen LogP contribution in [-0.2, 0) is 9.53 Å². The Balaban J connectivity index is 1.92. The maximum atomic E-state index is 11.7. The predicted molar refractivity (Wildman–Crippen MR) is 77.6 cm³/mol. The van der Waals surface area contributed by atoms with Crippen LogP contribution in [0.1, 0.15) is 26.2 Å². The minimum absolute atomic E-state index is 0.231. The van der Waals surface area contributed by atoms with Gasteiger partial charge in [0, 0.05) is 44.1 Å². The molecule has 1 unspecified atom stereocenters. The molecule has 1 fully saturated rings. The summed E-state index contributed by atoms with van der Waals surface area (Å²) in [5.41, 5.74) is 2.08. The first-order chi connectivity index (χ1) is 9.20. The summed E-state index contributed by atoms with van der Waals surface area (Å²) in [6, 6.07) is 8.46. The lowest BCUT2D eigenvalue weighted by atomic mass is 10.2. The lowest BCUT2D eigenvalue weighted by Gasteiger charge is -2.18. The van der Waals surface area contributed by atoms with Crippen molar-refractivity contribution in [1.29, 1.82) is 0 Å². The zero-order valence-electron chi connectivity index (χ0n) is 11.7. The molecule has 1 N–H and O–H groups in total. The third-order valence-corrected chi connectivity index (χ3v) is 3.42. The van der Waals surface area contributed by atoms with E-state index in [9.17, 15) is 4.79 Å². The number of hydrogen-bond acceptors (Lipinski definition) is 3. The van der Waals surface area contributed by atoms with Gasteiger partial charge in [-0.15, -0.1) is 0 Å². The number of methoxy groups -OCH3 is 1. The largest absolute Gasteiger partial charge is 0.385 e. The molecule has 1 atom stereocenters. The zero-order chi connectivity index (χ0) is 13.7. The van der Waals surface area contributed by atoms with E-state index < -0.39 is 0 Å². The number of rotatable bonds is 6. The van der Waals surface area contributed by atoms with Crippen LogP contribution < -0.4 is 10.2 Å². The summed E-state index contributed by atoms with van der Waals surface area (Å²) in [7, 11) is 1.72. The van der Waals surface area contributed by atoms with Crippen molar-refractivity contribution in [2.45, 2.75) is 32.2 Å². The van der Waals surface area contributed by atoms with Gasteiger partial charge < -0.3 is 15.0 Å². The van der Waals surface area contributed by atoms with Crippen LogP contribution >= 0.6 is 0 Å². The number of ether oxygens (including phenoxy) is 1. The summed E-state index contributed by atoms with van der Waals surface area (Å²) in [5.74, 6) is 0.231. The van der Waals surface area contributed by atoms with E-state index in [1.54, 1.807) is 7.11 Å². The number of hydrogen-bond donors (Lipinski definition) is 1. The van der Waals surface area contributed by atoms with E-state index in [-0.39, 0.29) is 5.91 Å². The quantitative estimate of drug-likeness (QED) is 0.857.